The molecule has 0 aliphatic carbocycles. The highest BCUT2D eigenvalue weighted by Gasteiger charge is 2.40. The summed E-state index contributed by atoms with van der Waals surface area (Å²) in [5.74, 6) is 0.406. The Morgan fingerprint density at radius 1 is 1.30 bits per heavy atom. The molecule has 0 atom stereocenters. The summed E-state index contributed by atoms with van der Waals surface area (Å²) < 4.78 is 16.6. The number of amides is 2. The quantitative estimate of drug-likeness (QED) is 0.919. The van der Waals surface area contributed by atoms with Crippen LogP contribution >= 0.6 is 0 Å². The lowest BCUT2D eigenvalue weighted by atomic mass is 10.0. The first-order valence-corrected chi connectivity index (χ1v) is 8.14. The lowest BCUT2D eigenvalue weighted by Gasteiger charge is -2.37. The fraction of sp³-hybridized carbons (Fsp3) is 0.588. The van der Waals surface area contributed by atoms with Crippen LogP contribution in [0.2, 0.25) is 0 Å². The van der Waals surface area contributed by atoms with Crippen LogP contribution in [-0.2, 0) is 15.9 Å². The fourth-order valence-corrected chi connectivity index (χ4v) is 3.09. The second-order valence-corrected chi connectivity index (χ2v) is 5.93. The third kappa shape index (κ3) is 3.95. The van der Waals surface area contributed by atoms with Crippen LogP contribution in [0, 0.1) is 0 Å². The van der Waals surface area contributed by atoms with Gasteiger partial charge in [-0.3, -0.25) is 0 Å². The van der Waals surface area contributed by atoms with Crippen LogP contribution in [0.3, 0.4) is 0 Å². The zero-order valence-corrected chi connectivity index (χ0v) is 13.5. The Kier molecular flexibility index (Phi) is 5.03. The molecule has 6 nitrogen and oxygen atoms in total. The number of hydrogen-bond acceptors (Lipinski definition) is 4. The van der Waals surface area contributed by atoms with Crippen molar-refractivity contribution in [1.29, 1.82) is 0 Å². The number of carbonyl (C=O) groups is 1. The van der Waals surface area contributed by atoms with Crippen molar-refractivity contribution in [2.45, 2.75) is 25.0 Å². The Balaban J connectivity index is 1.41. The van der Waals surface area contributed by atoms with Crippen LogP contribution in [0.4, 0.5) is 4.79 Å². The van der Waals surface area contributed by atoms with Crippen molar-refractivity contribution in [3.8, 4) is 5.75 Å². The molecule has 1 spiro atoms. The Morgan fingerprint density at radius 2 is 2.04 bits per heavy atom. The summed E-state index contributed by atoms with van der Waals surface area (Å²) in [5.41, 5.74) is 1.15. The number of rotatable bonds is 4. The number of benzene rings is 1. The SMILES string of the molecule is COc1cccc(CCNC(=O)N2CCC3(CC2)OCCO3)c1. The summed E-state index contributed by atoms with van der Waals surface area (Å²) in [4.78, 5) is 14.1. The minimum atomic E-state index is -0.433. The van der Waals surface area contributed by atoms with Crippen molar-refractivity contribution in [3.63, 3.8) is 0 Å². The molecule has 2 amide bonds. The van der Waals surface area contributed by atoms with Crippen molar-refractivity contribution >= 4 is 6.03 Å². The molecule has 1 aromatic carbocycles. The average Bonchev–Trinajstić information content (AvgIpc) is 3.03. The molecule has 2 saturated heterocycles. The number of nitrogens with zero attached hydrogens (tertiary/aromatic N) is 1. The van der Waals surface area contributed by atoms with E-state index in [2.05, 4.69) is 5.32 Å². The highest BCUT2D eigenvalue weighted by molar-refractivity contribution is 5.74. The van der Waals surface area contributed by atoms with Crippen molar-refractivity contribution in [3.05, 3.63) is 29.8 Å². The van der Waals surface area contributed by atoms with Gasteiger partial charge in [-0.2, -0.15) is 0 Å². The van der Waals surface area contributed by atoms with Crippen LogP contribution in [-0.4, -0.2) is 56.7 Å². The predicted molar refractivity (Wildman–Crippen MR) is 85.5 cm³/mol. The molecule has 0 radical (unpaired) electrons. The smallest absolute Gasteiger partial charge is 0.317 e. The third-order valence-corrected chi connectivity index (χ3v) is 4.45. The van der Waals surface area contributed by atoms with Crippen molar-refractivity contribution in [1.82, 2.24) is 10.2 Å². The molecular formula is C17H24N2O4. The second-order valence-electron chi connectivity index (χ2n) is 5.93. The maximum Gasteiger partial charge on any atom is 0.317 e. The van der Waals surface area contributed by atoms with E-state index in [-0.39, 0.29) is 6.03 Å². The van der Waals surface area contributed by atoms with Crippen LogP contribution < -0.4 is 10.1 Å². The van der Waals surface area contributed by atoms with Gasteiger partial charge in [0.15, 0.2) is 5.79 Å². The summed E-state index contributed by atoms with van der Waals surface area (Å²) in [7, 11) is 1.65. The van der Waals surface area contributed by atoms with E-state index < -0.39 is 5.79 Å². The number of nitrogens with one attached hydrogen (secondary N) is 1. The van der Waals surface area contributed by atoms with Crippen molar-refractivity contribution < 1.29 is 19.0 Å². The Bertz CT molecular complexity index is 533. The molecule has 6 heteroatoms. The van der Waals surface area contributed by atoms with Gasteiger partial charge in [0.05, 0.1) is 20.3 Å². The summed E-state index contributed by atoms with van der Waals surface area (Å²) in [6.45, 7) is 3.27. The molecule has 0 bridgehead atoms. The van der Waals surface area contributed by atoms with Crippen LogP contribution in [0.25, 0.3) is 0 Å². The number of methoxy groups -OCH3 is 1. The van der Waals surface area contributed by atoms with Gasteiger partial charge in [0.1, 0.15) is 5.75 Å². The number of urea groups is 1. The van der Waals surface area contributed by atoms with Gasteiger partial charge in [-0.15, -0.1) is 0 Å². The molecule has 23 heavy (non-hydrogen) atoms. The first-order chi connectivity index (χ1) is 11.2. The number of piperidine rings is 1. The zero-order chi connectivity index (χ0) is 16.1. The molecule has 0 aromatic heterocycles. The number of hydrogen-bond donors (Lipinski definition) is 1. The molecule has 0 unspecified atom stereocenters. The standard InChI is InChI=1S/C17H24N2O4/c1-21-15-4-2-3-14(13-15)5-8-18-16(20)19-9-6-17(7-10-19)22-11-12-23-17/h2-4,13H,5-12H2,1H3,(H,18,20). The molecule has 2 fully saturated rings. The largest absolute Gasteiger partial charge is 0.497 e. The summed E-state index contributed by atoms with van der Waals surface area (Å²) in [6, 6.07) is 7.89. The van der Waals surface area contributed by atoms with Crippen LogP contribution in [0.1, 0.15) is 18.4 Å². The fourth-order valence-electron chi connectivity index (χ4n) is 3.09. The van der Waals surface area contributed by atoms with E-state index in [0.29, 0.717) is 32.8 Å². The highest BCUT2D eigenvalue weighted by Crippen LogP contribution is 2.31. The predicted octanol–water partition coefficient (Wildman–Crippen LogP) is 1.79. The van der Waals surface area contributed by atoms with Gasteiger partial charge in [-0.1, -0.05) is 12.1 Å². The van der Waals surface area contributed by atoms with Gasteiger partial charge in [0, 0.05) is 32.5 Å². The zero-order valence-electron chi connectivity index (χ0n) is 13.5. The van der Waals surface area contributed by atoms with Gasteiger partial charge in [0.2, 0.25) is 0 Å². The first-order valence-electron chi connectivity index (χ1n) is 8.14. The maximum absolute atomic E-state index is 12.2. The molecule has 126 valence electrons. The summed E-state index contributed by atoms with van der Waals surface area (Å²) in [5, 5.41) is 2.98. The van der Waals surface area contributed by atoms with E-state index in [1.807, 2.05) is 29.2 Å². The van der Waals surface area contributed by atoms with E-state index in [9.17, 15) is 4.79 Å². The molecule has 1 aromatic rings. The summed E-state index contributed by atoms with van der Waals surface area (Å²) in [6.07, 6.45) is 2.28. The van der Waals surface area contributed by atoms with Gasteiger partial charge < -0.3 is 24.4 Å². The van der Waals surface area contributed by atoms with E-state index in [4.69, 9.17) is 14.2 Å². The van der Waals surface area contributed by atoms with Crippen molar-refractivity contribution in [2.24, 2.45) is 0 Å². The molecular weight excluding hydrogens is 296 g/mol. The van der Waals surface area contributed by atoms with E-state index in [1.54, 1.807) is 7.11 Å². The average molecular weight is 320 g/mol. The van der Waals surface area contributed by atoms with E-state index in [1.165, 1.54) is 0 Å². The highest BCUT2D eigenvalue weighted by atomic mass is 16.7. The minimum Gasteiger partial charge on any atom is -0.497 e. The van der Waals surface area contributed by atoms with Gasteiger partial charge in [-0.25, -0.2) is 4.79 Å². The number of carbonyl (C=O) groups excluding carboxylic acids is 1. The number of likely N-dealkylation sites (tertiary alicyclic amines) is 1. The van der Waals surface area contributed by atoms with Gasteiger partial charge >= 0.3 is 6.03 Å². The maximum atomic E-state index is 12.2. The van der Waals surface area contributed by atoms with E-state index >= 15 is 0 Å². The lowest BCUT2D eigenvalue weighted by Crippen LogP contribution is -2.50. The Labute approximate surface area is 136 Å². The Morgan fingerprint density at radius 3 is 2.74 bits per heavy atom. The topological polar surface area (TPSA) is 60.0 Å². The monoisotopic (exact) mass is 320 g/mol. The van der Waals surface area contributed by atoms with Crippen LogP contribution in [0.15, 0.2) is 24.3 Å². The van der Waals surface area contributed by atoms with Crippen molar-refractivity contribution in [2.75, 3.05) is 40.0 Å². The first kappa shape index (κ1) is 16.1. The Hall–Kier alpha value is -1.79. The third-order valence-electron chi connectivity index (χ3n) is 4.45. The minimum absolute atomic E-state index is 0.0132. The number of ether oxygens (including phenoxy) is 3. The second kappa shape index (κ2) is 7.19. The molecule has 2 aliphatic heterocycles. The normalized spacial score (nSPS) is 19.8. The van der Waals surface area contributed by atoms with E-state index in [0.717, 1.165) is 30.6 Å². The molecule has 0 saturated carbocycles. The molecule has 1 N–H and O–H groups in total. The summed E-state index contributed by atoms with van der Waals surface area (Å²) >= 11 is 0. The molecule has 2 heterocycles. The molecule has 3 rings (SSSR count). The van der Waals surface area contributed by atoms with Gasteiger partial charge in [-0.05, 0) is 24.1 Å². The van der Waals surface area contributed by atoms with Crippen LogP contribution in [0.5, 0.6) is 5.75 Å². The van der Waals surface area contributed by atoms with Gasteiger partial charge in [0.25, 0.3) is 0 Å². The lowest BCUT2D eigenvalue weighted by molar-refractivity contribution is -0.181. The molecule has 2 aliphatic rings.